The third-order valence-electron chi connectivity index (χ3n) is 2.91. The van der Waals surface area contributed by atoms with Crippen LogP contribution in [0.2, 0.25) is 0 Å². The summed E-state index contributed by atoms with van der Waals surface area (Å²) in [7, 11) is 0. The molecule has 0 fully saturated rings. The first-order valence-corrected chi connectivity index (χ1v) is 7.18. The Kier molecular flexibility index (Phi) is 4.96. The highest BCUT2D eigenvalue weighted by Crippen LogP contribution is 2.20. The highest BCUT2D eigenvalue weighted by molar-refractivity contribution is 9.10. The second-order valence-electron chi connectivity index (χ2n) is 4.55. The Balaban J connectivity index is 1.94. The zero-order valence-corrected chi connectivity index (χ0v) is 13.1. The summed E-state index contributed by atoms with van der Waals surface area (Å²) < 4.78 is 0.976. The normalized spacial score (nSPS) is 9.76. The fourth-order valence-electron chi connectivity index (χ4n) is 1.84. The molecule has 0 bridgehead atoms. The van der Waals surface area contributed by atoms with E-state index in [-0.39, 0.29) is 12.5 Å². The van der Waals surface area contributed by atoms with E-state index < -0.39 is 0 Å². The Labute approximate surface area is 131 Å². The summed E-state index contributed by atoms with van der Waals surface area (Å²) >= 11 is 3.39. The van der Waals surface area contributed by atoms with Crippen LogP contribution >= 0.6 is 15.9 Å². The highest BCUT2D eigenvalue weighted by atomic mass is 79.9. The van der Waals surface area contributed by atoms with Gasteiger partial charge in [-0.05, 0) is 48.9 Å². The number of amides is 1. The molecule has 0 heterocycles. The number of hydrogen-bond donors (Lipinski definition) is 2. The minimum atomic E-state index is -0.136. The maximum atomic E-state index is 11.9. The molecule has 1 amide bonds. The average Bonchev–Trinajstić information content (AvgIpc) is 2.48. The number of benzene rings is 2. The number of carbonyl (C=O) groups is 1. The van der Waals surface area contributed by atoms with Crippen LogP contribution in [0, 0.1) is 18.3 Å². The zero-order chi connectivity index (χ0) is 15.2. The van der Waals surface area contributed by atoms with Gasteiger partial charge in [0.15, 0.2) is 0 Å². The van der Waals surface area contributed by atoms with Crippen LogP contribution in [0.15, 0.2) is 46.9 Å². The van der Waals surface area contributed by atoms with Crippen molar-refractivity contribution in [3.05, 3.63) is 58.1 Å². The van der Waals surface area contributed by atoms with Crippen LogP contribution in [-0.2, 0) is 4.79 Å². The molecule has 106 valence electrons. The monoisotopic (exact) mass is 343 g/mol. The Bertz CT molecular complexity index is 707. The largest absolute Gasteiger partial charge is 0.376 e. The van der Waals surface area contributed by atoms with Crippen molar-refractivity contribution in [3.8, 4) is 6.07 Å². The third kappa shape index (κ3) is 4.33. The van der Waals surface area contributed by atoms with Crippen molar-refractivity contribution in [2.24, 2.45) is 0 Å². The molecule has 0 aliphatic rings. The van der Waals surface area contributed by atoms with Gasteiger partial charge in [-0.3, -0.25) is 4.79 Å². The lowest BCUT2D eigenvalue weighted by Crippen LogP contribution is -2.22. The van der Waals surface area contributed by atoms with Gasteiger partial charge in [-0.25, -0.2) is 0 Å². The van der Waals surface area contributed by atoms with Gasteiger partial charge in [0.1, 0.15) is 0 Å². The lowest BCUT2D eigenvalue weighted by Gasteiger charge is -2.10. The molecule has 0 unspecified atom stereocenters. The van der Waals surface area contributed by atoms with Crippen molar-refractivity contribution in [2.75, 3.05) is 17.2 Å². The molecular weight excluding hydrogens is 330 g/mol. The van der Waals surface area contributed by atoms with Crippen molar-refractivity contribution in [2.45, 2.75) is 6.92 Å². The molecule has 2 N–H and O–H groups in total. The summed E-state index contributed by atoms with van der Waals surface area (Å²) in [5, 5.41) is 14.7. The minimum Gasteiger partial charge on any atom is -0.376 e. The molecule has 0 atom stereocenters. The van der Waals surface area contributed by atoms with E-state index in [0.29, 0.717) is 5.56 Å². The smallest absolute Gasteiger partial charge is 0.243 e. The van der Waals surface area contributed by atoms with Gasteiger partial charge >= 0.3 is 0 Å². The van der Waals surface area contributed by atoms with Crippen molar-refractivity contribution in [1.82, 2.24) is 0 Å². The number of nitriles is 1. The van der Waals surface area contributed by atoms with Crippen molar-refractivity contribution in [3.63, 3.8) is 0 Å². The van der Waals surface area contributed by atoms with Crippen LogP contribution in [0.4, 0.5) is 11.4 Å². The molecule has 5 heteroatoms. The number of nitrogens with zero attached hydrogens (tertiary/aromatic N) is 1. The molecule has 2 aromatic carbocycles. The number of aryl methyl sites for hydroxylation is 1. The summed E-state index contributed by atoms with van der Waals surface area (Å²) in [6.07, 6.45) is 0. The minimum absolute atomic E-state index is 0.136. The van der Waals surface area contributed by atoms with Crippen LogP contribution in [0.5, 0.6) is 0 Å². The topological polar surface area (TPSA) is 64.9 Å². The maximum absolute atomic E-state index is 11.9. The van der Waals surface area contributed by atoms with E-state index in [4.69, 9.17) is 5.26 Å². The van der Waals surface area contributed by atoms with E-state index >= 15 is 0 Å². The predicted octanol–water partition coefficient (Wildman–Crippen LogP) is 3.68. The summed E-state index contributed by atoms with van der Waals surface area (Å²) in [6.45, 7) is 2.08. The lowest BCUT2D eigenvalue weighted by molar-refractivity contribution is -0.114. The van der Waals surface area contributed by atoms with Gasteiger partial charge in [0.25, 0.3) is 0 Å². The standard InChI is InChI=1S/C16H14BrN3O/c1-11-7-13(17)5-6-15(11)20-16(21)10-19-14-4-2-3-12(8-14)9-18/h2-8,19H,10H2,1H3,(H,20,21). The average molecular weight is 344 g/mol. The molecule has 21 heavy (non-hydrogen) atoms. The Hall–Kier alpha value is -2.32. The second kappa shape index (κ2) is 6.91. The first kappa shape index (κ1) is 15.1. The number of anilines is 2. The molecule has 0 aliphatic carbocycles. The highest BCUT2D eigenvalue weighted by Gasteiger charge is 2.05. The molecule has 0 saturated heterocycles. The fourth-order valence-corrected chi connectivity index (χ4v) is 2.32. The maximum Gasteiger partial charge on any atom is 0.243 e. The molecule has 0 aliphatic heterocycles. The van der Waals surface area contributed by atoms with Crippen molar-refractivity contribution >= 4 is 33.2 Å². The van der Waals surface area contributed by atoms with E-state index in [1.807, 2.05) is 31.2 Å². The van der Waals surface area contributed by atoms with Crippen molar-refractivity contribution < 1.29 is 4.79 Å². The first-order valence-electron chi connectivity index (χ1n) is 6.38. The van der Waals surface area contributed by atoms with Gasteiger partial charge in [0, 0.05) is 15.8 Å². The number of carbonyl (C=O) groups excluding carboxylic acids is 1. The summed E-state index contributed by atoms with van der Waals surface area (Å²) in [6, 6.07) is 14.8. The van der Waals surface area contributed by atoms with Gasteiger partial charge in [-0.2, -0.15) is 5.26 Å². The lowest BCUT2D eigenvalue weighted by atomic mass is 10.2. The molecule has 0 radical (unpaired) electrons. The van der Waals surface area contributed by atoms with Gasteiger partial charge in [0.05, 0.1) is 18.2 Å². The molecule has 0 aromatic heterocycles. The number of halogens is 1. The molecule has 4 nitrogen and oxygen atoms in total. The molecule has 2 rings (SSSR count). The Morgan fingerprint density at radius 3 is 2.81 bits per heavy atom. The van der Waals surface area contributed by atoms with E-state index in [2.05, 4.69) is 32.6 Å². The predicted molar refractivity (Wildman–Crippen MR) is 87.2 cm³/mol. The third-order valence-corrected chi connectivity index (χ3v) is 3.40. The van der Waals surface area contributed by atoms with Crippen LogP contribution in [-0.4, -0.2) is 12.5 Å². The van der Waals surface area contributed by atoms with Gasteiger partial charge in [-0.15, -0.1) is 0 Å². The van der Waals surface area contributed by atoms with E-state index in [0.717, 1.165) is 21.4 Å². The number of nitrogens with one attached hydrogen (secondary N) is 2. The van der Waals surface area contributed by atoms with Gasteiger partial charge in [0.2, 0.25) is 5.91 Å². The molecular formula is C16H14BrN3O. The van der Waals surface area contributed by atoms with Crippen LogP contribution in [0.25, 0.3) is 0 Å². The first-order chi connectivity index (χ1) is 10.1. The Morgan fingerprint density at radius 1 is 1.29 bits per heavy atom. The summed E-state index contributed by atoms with van der Waals surface area (Å²) in [5.74, 6) is -0.136. The number of rotatable bonds is 4. The van der Waals surface area contributed by atoms with E-state index in [9.17, 15) is 4.79 Å². The van der Waals surface area contributed by atoms with Crippen LogP contribution in [0.3, 0.4) is 0 Å². The molecule has 0 spiro atoms. The van der Waals surface area contributed by atoms with Crippen LogP contribution in [0.1, 0.15) is 11.1 Å². The molecule has 0 saturated carbocycles. The number of hydrogen-bond acceptors (Lipinski definition) is 3. The zero-order valence-electron chi connectivity index (χ0n) is 11.5. The summed E-state index contributed by atoms with van der Waals surface area (Å²) in [4.78, 5) is 11.9. The van der Waals surface area contributed by atoms with E-state index in [1.165, 1.54) is 0 Å². The SMILES string of the molecule is Cc1cc(Br)ccc1NC(=O)CNc1cccc(C#N)c1. The van der Waals surface area contributed by atoms with Gasteiger partial charge < -0.3 is 10.6 Å². The summed E-state index contributed by atoms with van der Waals surface area (Å²) in [5.41, 5.74) is 3.08. The quantitative estimate of drug-likeness (QED) is 0.889. The van der Waals surface area contributed by atoms with Gasteiger partial charge in [-0.1, -0.05) is 22.0 Å². The van der Waals surface area contributed by atoms with E-state index in [1.54, 1.807) is 18.2 Å². The fraction of sp³-hybridized carbons (Fsp3) is 0.125. The van der Waals surface area contributed by atoms with Crippen molar-refractivity contribution in [1.29, 1.82) is 5.26 Å². The second-order valence-corrected chi connectivity index (χ2v) is 5.47. The van der Waals surface area contributed by atoms with Crippen LogP contribution < -0.4 is 10.6 Å². The Morgan fingerprint density at radius 2 is 2.10 bits per heavy atom. The molecule has 2 aromatic rings.